The number of hydrogen-bond donors (Lipinski definition) is 1. The van der Waals surface area contributed by atoms with Crippen LogP contribution >= 0.6 is 0 Å². The minimum Gasteiger partial charge on any atom is -0.383 e. The van der Waals surface area contributed by atoms with Gasteiger partial charge in [0.25, 0.3) is 0 Å². The summed E-state index contributed by atoms with van der Waals surface area (Å²) in [5.74, 6) is 0.632. The molecule has 0 amide bonds. The third kappa shape index (κ3) is 5.85. The molecule has 0 heterocycles. The predicted molar refractivity (Wildman–Crippen MR) is 73.5 cm³/mol. The first-order valence-corrected chi connectivity index (χ1v) is 6.63. The van der Waals surface area contributed by atoms with E-state index < -0.39 is 0 Å². The fourth-order valence-corrected chi connectivity index (χ4v) is 2.01. The minimum atomic E-state index is 0.632. The van der Waals surface area contributed by atoms with E-state index in [1.165, 1.54) is 24.8 Å². The molecule has 0 aromatic heterocycles. The number of hydrogen-bond acceptors (Lipinski definition) is 2. The van der Waals surface area contributed by atoms with Crippen molar-refractivity contribution in [1.29, 1.82) is 0 Å². The molecule has 0 aliphatic heterocycles. The van der Waals surface area contributed by atoms with Crippen molar-refractivity contribution in [2.75, 3.05) is 26.8 Å². The van der Waals surface area contributed by atoms with E-state index in [1.54, 1.807) is 7.11 Å². The molecule has 17 heavy (non-hydrogen) atoms. The Hall–Kier alpha value is -0.860. The molecule has 1 atom stereocenters. The van der Waals surface area contributed by atoms with Gasteiger partial charge in [-0.05, 0) is 17.9 Å². The summed E-state index contributed by atoms with van der Waals surface area (Å²) in [5.41, 5.74) is 1.45. The summed E-state index contributed by atoms with van der Waals surface area (Å²) in [7, 11) is 1.74. The highest BCUT2D eigenvalue weighted by Gasteiger charge is 2.09. The van der Waals surface area contributed by atoms with Crippen LogP contribution in [0.3, 0.4) is 0 Å². The quantitative estimate of drug-likeness (QED) is 0.664. The van der Waals surface area contributed by atoms with Gasteiger partial charge in [0.05, 0.1) is 6.61 Å². The first-order valence-electron chi connectivity index (χ1n) is 6.63. The Balaban J connectivity index is 2.43. The Kier molecular flexibility index (Phi) is 7.69. The van der Waals surface area contributed by atoms with E-state index in [0.29, 0.717) is 5.92 Å². The van der Waals surface area contributed by atoms with Crippen molar-refractivity contribution in [3.8, 4) is 0 Å². The second-order valence-electron chi connectivity index (χ2n) is 4.45. The molecule has 0 bridgehead atoms. The van der Waals surface area contributed by atoms with Crippen LogP contribution < -0.4 is 5.32 Å². The summed E-state index contributed by atoms with van der Waals surface area (Å²) in [4.78, 5) is 0. The van der Waals surface area contributed by atoms with Gasteiger partial charge in [-0.25, -0.2) is 0 Å². The van der Waals surface area contributed by atoms with Crippen LogP contribution in [0.5, 0.6) is 0 Å². The molecule has 1 aromatic rings. The highest BCUT2D eigenvalue weighted by atomic mass is 16.5. The molecule has 1 aromatic carbocycles. The average Bonchev–Trinajstić information content (AvgIpc) is 2.39. The standard InChI is InChI=1S/C15H25NO/c1-3-4-8-15(13-16-11-12-17-2)14-9-6-5-7-10-14/h5-7,9-10,15-16H,3-4,8,11-13H2,1-2H3. The fraction of sp³-hybridized carbons (Fsp3) is 0.600. The van der Waals surface area contributed by atoms with E-state index in [9.17, 15) is 0 Å². The van der Waals surface area contributed by atoms with Gasteiger partial charge in [0.15, 0.2) is 0 Å². The lowest BCUT2D eigenvalue weighted by molar-refractivity contribution is 0.198. The fourth-order valence-electron chi connectivity index (χ4n) is 2.01. The maximum atomic E-state index is 5.05. The van der Waals surface area contributed by atoms with Crippen LogP contribution in [-0.4, -0.2) is 26.8 Å². The van der Waals surface area contributed by atoms with Gasteiger partial charge in [-0.15, -0.1) is 0 Å². The molecule has 1 rings (SSSR count). The number of ether oxygens (including phenoxy) is 1. The zero-order chi connectivity index (χ0) is 12.3. The highest BCUT2D eigenvalue weighted by molar-refractivity contribution is 5.19. The zero-order valence-electron chi connectivity index (χ0n) is 11.1. The molecular weight excluding hydrogens is 210 g/mol. The van der Waals surface area contributed by atoms with E-state index in [0.717, 1.165) is 19.7 Å². The van der Waals surface area contributed by atoms with Crippen LogP contribution in [0.4, 0.5) is 0 Å². The lowest BCUT2D eigenvalue weighted by Crippen LogP contribution is -2.25. The van der Waals surface area contributed by atoms with E-state index in [2.05, 4.69) is 42.6 Å². The van der Waals surface area contributed by atoms with E-state index in [1.807, 2.05) is 0 Å². The van der Waals surface area contributed by atoms with Gasteiger partial charge in [0, 0.05) is 20.2 Å². The summed E-state index contributed by atoms with van der Waals surface area (Å²) >= 11 is 0. The number of unbranched alkanes of at least 4 members (excludes halogenated alkanes) is 1. The Morgan fingerprint density at radius 3 is 2.65 bits per heavy atom. The van der Waals surface area contributed by atoms with Crippen molar-refractivity contribution >= 4 is 0 Å². The van der Waals surface area contributed by atoms with Gasteiger partial charge in [0.2, 0.25) is 0 Å². The molecule has 0 fully saturated rings. The molecule has 1 unspecified atom stereocenters. The average molecular weight is 235 g/mol. The lowest BCUT2D eigenvalue weighted by Gasteiger charge is -2.17. The zero-order valence-corrected chi connectivity index (χ0v) is 11.1. The number of methoxy groups -OCH3 is 1. The van der Waals surface area contributed by atoms with E-state index >= 15 is 0 Å². The molecule has 1 N–H and O–H groups in total. The highest BCUT2D eigenvalue weighted by Crippen LogP contribution is 2.20. The van der Waals surface area contributed by atoms with Crippen LogP contribution in [0.25, 0.3) is 0 Å². The molecule has 0 saturated heterocycles. The molecule has 2 heteroatoms. The molecule has 0 saturated carbocycles. The molecule has 0 aliphatic carbocycles. The van der Waals surface area contributed by atoms with Gasteiger partial charge in [-0.3, -0.25) is 0 Å². The van der Waals surface area contributed by atoms with Crippen molar-refractivity contribution in [3.63, 3.8) is 0 Å². The third-order valence-corrected chi connectivity index (χ3v) is 3.05. The first kappa shape index (κ1) is 14.2. The maximum Gasteiger partial charge on any atom is 0.0587 e. The van der Waals surface area contributed by atoms with Gasteiger partial charge >= 0.3 is 0 Å². The van der Waals surface area contributed by atoms with Crippen molar-refractivity contribution < 1.29 is 4.74 Å². The predicted octanol–water partition coefficient (Wildman–Crippen LogP) is 3.20. The van der Waals surface area contributed by atoms with Crippen LogP contribution in [0.1, 0.15) is 37.7 Å². The Morgan fingerprint density at radius 2 is 2.00 bits per heavy atom. The van der Waals surface area contributed by atoms with Gasteiger partial charge in [-0.1, -0.05) is 50.1 Å². The van der Waals surface area contributed by atoms with Crippen molar-refractivity contribution in [1.82, 2.24) is 5.32 Å². The Labute approximate surface area is 105 Å². The second-order valence-corrected chi connectivity index (χ2v) is 4.45. The summed E-state index contributed by atoms with van der Waals surface area (Å²) in [6.07, 6.45) is 3.83. The summed E-state index contributed by atoms with van der Waals surface area (Å²) in [6.45, 7) is 5.02. The molecule has 0 spiro atoms. The first-order chi connectivity index (χ1) is 8.38. The lowest BCUT2D eigenvalue weighted by atomic mass is 9.93. The van der Waals surface area contributed by atoms with Crippen LogP contribution in [0.2, 0.25) is 0 Å². The van der Waals surface area contributed by atoms with Crippen molar-refractivity contribution in [2.24, 2.45) is 0 Å². The number of rotatable bonds is 9. The van der Waals surface area contributed by atoms with Crippen molar-refractivity contribution in [2.45, 2.75) is 32.1 Å². The summed E-state index contributed by atoms with van der Waals surface area (Å²) in [5, 5.41) is 3.47. The molecule has 0 radical (unpaired) electrons. The molecular formula is C15H25NO. The summed E-state index contributed by atoms with van der Waals surface area (Å²) < 4.78 is 5.05. The topological polar surface area (TPSA) is 21.3 Å². The van der Waals surface area contributed by atoms with Gasteiger partial charge in [0.1, 0.15) is 0 Å². The van der Waals surface area contributed by atoms with E-state index in [4.69, 9.17) is 4.74 Å². The van der Waals surface area contributed by atoms with Crippen LogP contribution in [-0.2, 0) is 4.74 Å². The number of benzene rings is 1. The van der Waals surface area contributed by atoms with Crippen LogP contribution in [0.15, 0.2) is 30.3 Å². The molecule has 96 valence electrons. The number of nitrogens with one attached hydrogen (secondary N) is 1. The second kappa shape index (κ2) is 9.20. The third-order valence-electron chi connectivity index (χ3n) is 3.05. The summed E-state index contributed by atoms with van der Waals surface area (Å²) in [6, 6.07) is 10.8. The van der Waals surface area contributed by atoms with Crippen molar-refractivity contribution in [3.05, 3.63) is 35.9 Å². The Morgan fingerprint density at radius 1 is 1.24 bits per heavy atom. The molecule has 2 nitrogen and oxygen atoms in total. The minimum absolute atomic E-state index is 0.632. The van der Waals surface area contributed by atoms with E-state index in [-0.39, 0.29) is 0 Å². The smallest absolute Gasteiger partial charge is 0.0587 e. The Bertz CT molecular complexity index is 274. The van der Waals surface area contributed by atoms with Gasteiger partial charge in [-0.2, -0.15) is 0 Å². The monoisotopic (exact) mass is 235 g/mol. The maximum absolute atomic E-state index is 5.05. The van der Waals surface area contributed by atoms with Crippen LogP contribution in [0, 0.1) is 0 Å². The molecule has 0 aliphatic rings. The largest absolute Gasteiger partial charge is 0.383 e. The SMILES string of the molecule is CCCCC(CNCCOC)c1ccccc1. The van der Waals surface area contributed by atoms with Gasteiger partial charge < -0.3 is 10.1 Å². The normalized spacial score (nSPS) is 12.6.